The number of ketones is 1. The topological polar surface area (TPSA) is 63.4 Å². The van der Waals surface area contributed by atoms with Gasteiger partial charge in [0.2, 0.25) is 0 Å². The minimum Gasteiger partial charge on any atom is -0.338 e. The maximum atomic E-state index is 13.1. The van der Waals surface area contributed by atoms with Gasteiger partial charge in [-0.2, -0.15) is 0 Å². The van der Waals surface area contributed by atoms with E-state index < -0.39 is 5.82 Å². The smallest absolute Gasteiger partial charge is 0.254 e. The summed E-state index contributed by atoms with van der Waals surface area (Å²) in [6, 6.07) is 12.2. The lowest BCUT2D eigenvalue weighted by molar-refractivity contribution is 0.0657. The number of nitrogens with two attached hydrogens (primary N) is 1. The van der Waals surface area contributed by atoms with Crippen LogP contribution < -0.4 is 5.73 Å². The maximum absolute atomic E-state index is 13.1. The van der Waals surface area contributed by atoms with E-state index in [9.17, 15) is 14.0 Å². The molecule has 2 aromatic carbocycles. The van der Waals surface area contributed by atoms with Gasteiger partial charge in [-0.3, -0.25) is 9.59 Å². The van der Waals surface area contributed by atoms with Gasteiger partial charge < -0.3 is 10.6 Å². The fourth-order valence-electron chi connectivity index (χ4n) is 3.42. The van der Waals surface area contributed by atoms with Crippen LogP contribution in [-0.4, -0.2) is 35.7 Å². The van der Waals surface area contributed by atoms with E-state index in [1.54, 1.807) is 29.2 Å². The molecule has 2 atom stereocenters. The Morgan fingerprint density at radius 1 is 1.12 bits per heavy atom. The molecule has 1 aliphatic rings. The molecule has 0 spiro atoms. The number of halogens is 1. The summed E-state index contributed by atoms with van der Waals surface area (Å²) in [7, 11) is 0. The van der Waals surface area contributed by atoms with Crippen molar-refractivity contribution >= 4 is 11.7 Å². The number of amides is 1. The Kier molecular flexibility index (Phi) is 5.47. The number of carbonyl (C=O) groups excluding carboxylic acids is 2. The summed E-state index contributed by atoms with van der Waals surface area (Å²) in [5.41, 5.74) is 7.09. The molecule has 1 fully saturated rings. The first-order valence-corrected chi connectivity index (χ1v) is 8.91. The molecule has 0 aliphatic carbocycles. The van der Waals surface area contributed by atoms with Gasteiger partial charge in [-0.1, -0.05) is 18.2 Å². The van der Waals surface area contributed by atoms with E-state index in [0.29, 0.717) is 29.8 Å². The Labute approximate surface area is 152 Å². The molecule has 1 saturated heterocycles. The van der Waals surface area contributed by atoms with Crippen molar-refractivity contribution < 1.29 is 14.0 Å². The van der Waals surface area contributed by atoms with Gasteiger partial charge in [0.05, 0.1) is 5.56 Å². The number of hydrogen-bond acceptors (Lipinski definition) is 3. The third-order valence-corrected chi connectivity index (χ3v) is 5.00. The Bertz CT molecular complexity index is 802. The van der Waals surface area contributed by atoms with Crippen molar-refractivity contribution in [3.63, 3.8) is 0 Å². The number of piperidine rings is 1. The lowest BCUT2D eigenvalue weighted by Gasteiger charge is -2.35. The zero-order valence-corrected chi connectivity index (χ0v) is 14.8. The van der Waals surface area contributed by atoms with E-state index in [1.165, 1.54) is 24.3 Å². The molecular weight excluding hydrogens is 331 g/mol. The number of carbonyl (C=O) groups is 2. The Balaban J connectivity index is 1.88. The highest BCUT2D eigenvalue weighted by molar-refractivity contribution is 6.15. The van der Waals surface area contributed by atoms with Gasteiger partial charge in [0.25, 0.3) is 5.91 Å². The first-order chi connectivity index (χ1) is 12.5. The van der Waals surface area contributed by atoms with Crippen molar-refractivity contribution in [1.29, 1.82) is 0 Å². The van der Waals surface area contributed by atoms with Crippen LogP contribution in [0, 0.1) is 11.7 Å². The molecule has 26 heavy (non-hydrogen) atoms. The predicted molar refractivity (Wildman–Crippen MR) is 98.6 cm³/mol. The van der Waals surface area contributed by atoms with Crippen LogP contribution in [0.5, 0.6) is 0 Å². The van der Waals surface area contributed by atoms with Crippen molar-refractivity contribution in [2.24, 2.45) is 11.7 Å². The minimum atomic E-state index is -0.402. The second-order valence-electron chi connectivity index (χ2n) is 6.89. The van der Waals surface area contributed by atoms with E-state index >= 15 is 0 Å². The first kappa shape index (κ1) is 18.3. The van der Waals surface area contributed by atoms with Crippen molar-refractivity contribution in [1.82, 2.24) is 4.90 Å². The molecule has 0 bridgehead atoms. The Morgan fingerprint density at radius 3 is 2.42 bits per heavy atom. The second-order valence-corrected chi connectivity index (χ2v) is 6.89. The molecule has 1 amide bonds. The van der Waals surface area contributed by atoms with Crippen LogP contribution in [0.3, 0.4) is 0 Å². The second kappa shape index (κ2) is 7.79. The fourth-order valence-corrected chi connectivity index (χ4v) is 3.42. The van der Waals surface area contributed by atoms with E-state index in [-0.39, 0.29) is 23.7 Å². The third kappa shape index (κ3) is 3.83. The highest BCUT2D eigenvalue weighted by Crippen LogP contribution is 2.23. The zero-order valence-electron chi connectivity index (χ0n) is 14.8. The highest BCUT2D eigenvalue weighted by Gasteiger charge is 2.28. The molecule has 1 heterocycles. The molecule has 0 aromatic heterocycles. The molecule has 5 heteroatoms. The summed E-state index contributed by atoms with van der Waals surface area (Å²) in [5, 5.41) is 0. The molecule has 4 nitrogen and oxygen atoms in total. The minimum absolute atomic E-state index is 0.0293. The summed E-state index contributed by atoms with van der Waals surface area (Å²) in [4.78, 5) is 27.7. The number of nitrogens with zero attached hydrogens (tertiary/aromatic N) is 1. The van der Waals surface area contributed by atoms with Crippen LogP contribution in [-0.2, 0) is 0 Å². The molecule has 0 radical (unpaired) electrons. The molecule has 2 aromatic rings. The largest absolute Gasteiger partial charge is 0.338 e. The van der Waals surface area contributed by atoms with Crippen LogP contribution in [0.15, 0.2) is 48.5 Å². The van der Waals surface area contributed by atoms with Gasteiger partial charge in [-0.25, -0.2) is 4.39 Å². The van der Waals surface area contributed by atoms with Crippen molar-refractivity contribution in [2.45, 2.75) is 25.8 Å². The number of rotatable bonds is 4. The van der Waals surface area contributed by atoms with E-state index in [0.717, 1.165) is 12.8 Å². The SMILES string of the molecule is C[C@H](N)[C@@H]1CCCN(C(=O)c2ccccc2C(=O)c2ccc(F)cc2)C1. The summed E-state index contributed by atoms with van der Waals surface area (Å²) >= 11 is 0. The van der Waals surface area contributed by atoms with Gasteiger partial charge in [0.1, 0.15) is 5.82 Å². The Morgan fingerprint density at radius 2 is 1.77 bits per heavy atom. The zero-order chi connectivity index (χ0) is 18.7. The van der Waals surface area contributed by atoms with Gasteiger partial charge in [0.15, 0.2) is 5.78 Å². The summed E-state index contributed by atoms with van der Waals surface area (Å²) in [6.07, 6.45) is 1.92. The molecule has 2 N–H and O–H groups in total. The first-order valence-electron chi connectivity index (χ1n) is 8.91. The van der Waals surface area contributed by atoms with Gasteiger partial charge in [0, 0.05) is 30.3 Å². The van der Waals surface area contributed by atoms with E-state index in [4.69, 9.17) is 5.73 Å². The molecule has 136 valence electrons. The lowest BCUT2D eigenvalue weighted by atomic mass is 9.91. The third-order valence-electron chi connectivity index (χ3n) is 5.00. The van der Waals surface area contributed by atoms with Gasteiger partial charge in [-0.05, 0) is 56.0 Å². The van der Waals surface area contributed by atoms with Crippen molar-refractivity contribution in [3.05, 3.63) is 71.0 Å². The van der Waals surface area contributed by atoms with Crippen LogP contribution in [0.1, 0.15) is 46.0 Å². The van der Waals surface area contributed by atoms with Gasteiger partial charge >= 0.3 is 0 Å². The number of likely N-dealkylation sites (tertiary alicyclic amines) is 1. The Hall–Kier alpha value is -2.53. The monoisotopic (exact) mass is 354 g/mol. The molecule has 0 unspecified atom stereocenters. The van der Waals surface area contributed by atoms with Crippen LogP contribution in [0.2, 0.25) is 0 Å². The molecule has 0 saturated carbocycles. The van der Waals surface area contributed by atoms with Crippen molar-refractivity contribution in [3.8, 4) is 0 Å². The average molecular weight is 354 g/mol. The number of benzene rings is 2. The van der Waals surface area contributed by atoms with E-state index in [2.05, 4.69) is 0 Å². The molecular formula is C21H23FN2O2. The lowest BCUT2D eigenvalue weighted by Crippen LogP contribution is -2.45. The van der Waals surface area contributed by atoms with Crippen molar-refractivity contribution in [2.75, 3.05) is 13.1 Å². The van der Waals surface area contributed by atoms with Crippen LogP contribution >= 0.6 is 0 Å². The summed E-state index contributed by atoms with van der Waals surface area (Å²) in [5.74, 6) is -0.565. The summed E-state index contributed by atoms with van der Waals surface area (Å²) < 4.78 is 13.1. The highest BCUT2D eigenvalue weighted by atomic mass is 19.1. The predicted octanol–water partition coefficient (Wildman–Crippen LogP) is 3.26. The number of hydrogen-bond donors (Lipinski definition) is 1. The molecule has 3 rings (SSSR count). The van der Waals surface area contributed by atoms with Gasteiger partial charge in [-0.15, -0.1) is 0 Å². The average Bonchev–Trinajstić information content (AvgIpc) is 2.67. The molecule has 1 aliphatic heterocycles. The van der Waals surface area contributed by atoms with E-state index in [1.807, 2.05) is 6.92 Å². The summed E-state index contributed by atoms with van der Waals surface area (Å²) in [6.45, 7) is 3.24. The normalized spacial score (nSPS) is 18.4. The van der Waals surface area contributed by atoms with Crippen LogP contribution in [0.25, 0.3) is 0 Å². The quantitative estimate of drug-likeness (QED) is 0.857. The fraction of sp³-hybridized carbons (Fsp3) is 0.333. The maximum Gasteiger partial charge on any atom is 0.254 e. The standard InChI is InChI=1S/C21H23FN2O2/c1-14(23)16-5-4-12-24(13-16)21(26)19-7-3-2-6-18(19)20(25)15-8-10-17(22)11-9-15/h2-3,6-11,14,16H,4-5,12-13,23H2,1H3/t14-,16+/m0/s1. The van der Waals surface area contributed by atoms with Crippen LogP contribution in [0.4, 0.5) is 4.39 Å².